The number of rotatable bonds is 3. The van der Waals surface area contributed by atoms with Gasteiger partial charge in [-0.2, -0.15) is 5.10 Å². The van der Waals surface area contributed by atoms with Gasteiger partial charge in [-0.3, -0.25) is 9.67 Å². The molecule has 1 unspecified atom stereocenters. The highest BCUT2D eigenvalue weighted by atomic mass is 15.3. The van der Waals surface area contributed by atoms with E-state index in [4.69, 9.17) is 0 Å². The average Bonchev–Trinajstić information content (AvgIpc) is 2.86. The van der Waals surface area contributed by atoms with Crippen molar-refractivity contribution in [1.82, 2.24) is 20.1 Å². The van der Waals surface area contributed by atoms with Crippen LogP contribution in [0.25, 0.3) is 10.9 Å². The molecule has 19 heavy (non-hydrogen) atoms. The lowest BCUT2D eigenvalue weighted by Crippen LogP contribution is -2.18. The van der Waals surface area contributed by atoms with E-state index in [-0.39, 0.29) is 6.04 Å². The number of pyridine rings is 1. The number of aryl methyl sites for hydroxylation is 1. The van der Waals surface area contributed by atoms with Crippen LogP contribution in [0.5, 0.6) is 0 Å². The molecule has 0 aliphatic carbocycles. The first kappa shape index (κ1) is 11.9. The molecule has 4 heteroatoms. The van der Waals surface area contributed by atoms with Crippen molar-refractivity contribution >= 4 is 10.9 Å². The maximum atomic E-state index is 4.50. The molecule has 0 aliphatic rings. The summed E-state index contributed by atoms with van der Waals surface area (Å²) >= 11 is 0. The second-order valence-electron chi connectivity index (χ2n) is 4.55. The summed E-state index contributed by atoms with van der Waals surface area (Å²) in [5.74, 6) is 0. The molecule has 0 saturated carbocycles. The molecule has 96 valence electrons. The fourth-order valence-corrected chi connectivity index (χ4v) is 2.43. The zero-order chi connectivity index (χ0) is 13.2. The number of fused-ring (bicyclic) bond motifs is 1. The van der Waals surface area contributed by atoms with Crippen molar-refractivity contribution in [3.05, 3.63) is 60.0 Å². The number of aromatic nitrogens is 3. The summed E-state index contributed by atoms with van der Waals surface area (Å²) in [6.45, 7) is 0. The normalized spacial score (nSPS) is 12.7. The van der Waals surface area contributed by atoms with Crippen LogP contribution >= 0.6 is 0 Å². The molecular formula is C15H16N4. The highest BCUT2D eigenvalue weighted by Crippen LogP contribution is 2.26. The van der Waals surface area contributed by atoms with E-state index in [9.17, 15) is 0 Å². The van der Waals surface area contributed by atoms with Gasteiger partial charge >= 0.3 is 0 Å². The lowest BCUT2D eigenvalue weighted by molar-refractivity contribution is 0.645. The molecule has 1 N–H and O–H groups in total. The lowest BCUT2D eigenvalue weighted by Gasteiger charge is -2.16. The van der Waals surface area contributed by atoms with Gasteiger partial charge in [-0.15, -0.1) is 0 Å². The molecular weight excluding hydrogens is 236 g/mol. The van der Waals surface area contributed by atoms with Crippen LogP contribution in [0.3, 0.4) is 0 Å². The summed E-state index contributed by atoms with van der Waals surface area (Å²) in [7, 11) is 3.88. The molecule has 3 aromatic rings. The van der Waals surface area contributed by atoms with Gasteiger partial charge in [-0.1, -0.05) is 18.2 Å². The quantitative estimate of drug-likeness (QED) is 0.777. The first-order valence-electron chi connectivity index (χ1n) is 6.30. The van der Waals surface area contributed by atoms with Crippen molar-refractivity contribution in [2.75, 3.05) is 7.05 Å². The topological polar surface area (TPSA) is 42.7 Å². The largest absolute Gasteiger partial charge is 0.308 e. The van der Waals surface area contributed by atoms with E-state index < -0.39 is 0 Å². The summed E-state index contributed by atoms with van der Waals surface area (Å²) in [5, 5.41) is 9.00. The Hall–Kier alpha value is -2.20. The molecule has 0 bridgehead atoms. The third-order valence-electron chi connectivity index (χ3n) is 3.31. The van der Waals surface area contributed by atoms with E-state index in [1.54, 1.807) is 0 Å². The fraction of sp³-hybridized carbons (Fsp3) is 0.200. The second kappa shape index (κ2) is 4.82. The summed E-state index contributed by atoms with van der Waals surface area (Å²) in [6.07, 6.45) is 3.78. The molecule has 2 heterocycles. The molecule has 0 radical (unpaired) electrons. The van der Waals surface area contributed by atoms with Crippen molar-refractivity contribution < 1.29 is 0 Å². The average molecular weight is 252 g/mol. The molecule has 2 aromatic heterocycles. The van der Waals surface area contributed by atoms with Crippen molar-refractivity contribution in [2.45, 2.75) is 6.04 Å². The first-order chi connectivity index (χ1) is 9.29. The number of nitrogens with zero attached hydrogens (tertiary/aromatic N) is 3. The third kappa shape index (κ3) is 2.11. The van der Waals surface area contributed by atoms with Crippen molar-refractivity contribution in [1.29, 1.82) is 0 Å². The van der Waals surface area contributed by atoms with Crippen LogP contribution in [0.1, 0.15) is 17.3 Å². The van der Waals surface area contributed by atoms with Gasteiger partial charge in [0.05, 0.1) is 17.3 Å². The molecule has 1 atom stereocenters. The van der Waals surface area contributed by atoms with E-state index >= 15 is 0 Å². The molecule has 0 fully saturated rings. The van der Waals surface area contributed by atoms with E-state index in [0.29, 0.717) is 0 Å². The Morgan fingerprint density at radius 1 is 1.16 bits per heavy atom. The Bertz CT molecular complexity index is 697. The second-order valence-corrected chi connectivity index (χ2v) is 4.55. The Balaban J connectivity index is 2.16. The summed E-state index contributed by atoms with van der Waals surface area (Å²) < 4.78 is 1.82. The Morgan fingerprint density at radius 2 is 2.05 bits per heavy atom. The van der Waals surface area contributed by atoms with Crippen LogP contribution in [-0.4, -0.2) is 21.8 Å². The predicted molar refractivity (Wildman–Crippen MR) is 75.9 cm³/mol. The lowest BCUT2D eigenvalue weighted by atomic mass is 9.99. The highest BCUT2D eigenvalue weighted by molar-refractivity contribution is 5.82. The number of benzene rings is 1. The Morgan fingerprint density at radius 3 is 2.79 bits per heavy atom. The molecule has 0 amide bonds. The third-order valence-corrected chi connectivity index (χ3v) is 3.31. The van der Waals surface area contributed by atoms with Gasteiger partial charge in [0.15, 0.2) is 0 Å². The molecule has 0 saturated heterocycles. The van der Waals surface area contributed by atoms with Gasteiger partial charge in [0, 0.05) is 24.8 Å². The van der Waals surface area contributed by atoms with Crippen LogP contribution < -0.4 is 5.32 Å². The summed E-state index contributed by atoms with van der Waals surface area (Å²) in [5.41, 5.74) is 3.23. The minimum Gasteiger partial charge on any atom is -0.308 e. The van der Waals surface area contributed by atoms with Gasteiger partial charge in [-0.25, -0.2) is 0 Å². The molecule has 4 nitrogen and oxygen atoms in total. The SMILES string of the molecule is CNC(c1ccn(C)n1)c1cccc2ncccc12. The minimum atomic E-state index is 0.0779. The Kier molecular flexibility index (Phi) is 3.01. The van der Waals surface area contributed by atoms with Gasteiger partial charge in [0.25, 0.3) is 0 Å². The van der Waals surface area contributed by atoms with E-state index in [1.165, 1.54) is 5.56 Å². The van der Waals surface area contributed by atoms with Gasteiger partial charge < -0.3 is 5.32 Å². The van der Waals surface area contributed by atoms with Crippen LogP contribution in [0.4, 0.5) is 0 Å². The monoisotopic (exact) mass is 252 g/mol. The standard InChI is InChI=1S/C15H16N4/c1-16-15(14-8-10-19(2)18-14)12-5-3-7-13-11(12)6-4-9-17-13/h3-10,15-16H,1-2H3. The maximum Gasteiger partial charge on any atom is 0.0839 e. The van der Waals surface area contributed by atoms with E-state index in [1.807, 2.05) is 55.4 Å². The zero-order valence-electron chi connectivity index (χ0n) is 11.0. The molecule has 3 rings (SSSR count). The highest BCUT2D eigenvalue weighted by Gasteiger charge is 2.16. The zero-order valence-corrected chi connectivity index (χ0v) is 11.0. The predicted octanol–water partition coefficient (Wildman–Crippen LogP) is 2.28. The Labute approximate surface area is 112 Å². The maximum absolute atomic E-state index is 4.50. The molecule has 0 spiro atoms. The number of nitrogens with one attached hydrogen (secondary N) is 1. The van der Waals surface area contributed by atoms with E-state index in [2.05, 4.69) is 27.5 Å². The van der Waals surface area contributed by atoms with E-state index in [0.717, 1.165) is 16.6 Å². The first-order valence-corrected chi connectivity index (χ1v) is 6.30. The van der Waals surface area contributed by atoms with Crippen molar-refractivity contribution in [3.63, 3.8) is 0 Å². The van der Waals surface area contributed by atoms with Gasteiger partial charge in [-0.05, 0) is 30.8 Å². The molecule has 0 aliphatic heterocycles. The van der Waals surface area contributed by atoms with Gasteiger partial charge in [0.2, 0.25) is 0 Å². The van der Waals surface area contributed by atoms with Crippen LogP contribution in [0.15, 0.2) is 48.8 Å². The fourth-order valence-electron chi connectivity index (χ4n) is 2.43. The minimum absolute atomic E-state index is 0.0779. The summed E-state index contributed by atoms with van der Waals surface area (Å²) in [6, 6.07) is 12.4. The summed E-state index contributed by atoms with van der Waals surface area (Å²) in [4.78, 5) is 4.40. The van der Waals surface area contributed by atoms with Crippen LogP contribution in [0, 0.1) is 0 Å². The smallest absolute Gasteiger partial charge is 0.0839 e. The van der Waals surface area contributed by atoms with Crippen molar-refractivity contribution in [2.24, 2.45) is 7.05 Å². The van der Waals surface area contributed by atoms with Crippen molar-refractivity contribution in [3.8, 4) is 0 Å². The number of hydrogen-bond donors (Lipinski definition) is 1. The van der Waals surface area contributed by atoms with Crippen LogP contribution in [-0.2, 0) is 7.05 Å². The number of hydrogen-bond acceptors (Lipinski definition) is 3. The molecule has 1 aromatic carbocycles. The van der Waals surface area contributed by atoms with Crippen LogP contribution in [0.2, 0.25) is 0 Å². The van der Waals surface area contributed by atoms with Gasteiger partial charge in [0.1, 0.15) is 0 Å².